The van der Waals surface area contributed by atoms with E-state index in [1.807, 2.05) is 5.38 Å². The highest BCUT2D eigenvalue weighted by atomic mass is 32.1. The van der Waals surface area contributed by atoms with Crippen molar-refractivity contribution in [2.75, 3.05) is 36.6 Å². The van der Waals surface area contributed by atoms with Crippen molar-refractivity contribution in [1.29, 1.82) is 0 Å². The van der Waals surface area contributed by atoms with Gasteiger partial charge in [-0.1, -0.05) is 0 Å². The molecule has 1 aromatic heterocycles. The smallest absolute Gasteiger partial charge is 0.341 e. The Balaban J connectivity index is 1.31. The lowest BCUT2D eigenvalue weighted by molar-refractivity contribution is -0.122. The molecule has 0 radical (unpaired) electrons. The molecule has 1 aliphatic carbocycles. The van der Waals surface area contributed by atoms with Crippen LogP contribution in [0.5, 0.6) is 11.5 Å². The van der Waals surface area contributed by atoms with Gasteiger partial charge in [0.1, 0.15) is 18.2 Å². The third-order valence-electron chi connectivity index (χ3n) is 5.89. The van der Waals surface area contributed by atoms with Crippen LogP contribution in [0, 0.1) is 5.92 Å². The number of nitrogens with one attached hydrogen (secondary N) is 1. The van der Waals surface area contributed by atoms with E-state index in [0.29, 0.717) is 46.9 Å². The Kier molecular flexibility index (Phi) is 5.50. The van der Waals surface area contributed by atoms with Crippen LogP contribution >= 0.6 is 11.3 Å². The number of amides is 2. The molecule has 0 spiro atoms. The van der Waals surface area contributed by atoms with Gasteiger partial charge in [-0.15, -0.1) is 11.3 Å². The van der Waals surface area contributed by atoms with Crippen molar-refractivity contribution in [1.82, 2.24) is 0 Å². The van der Waals surface area contributed by atoms with E-state index in [2.05, 4.69) is 5.32 Å². The van der Waals surface area contributed by atoms with Crippen LogP contribution in [-0.4, -0.2) is 44.1 Å². The van der Waals surface area contributed by atoms with Crippen LogP contribution in [-0.2, 0) is 14.3 Å². The monoisotopic (exact) mass is 456 g/mol. The maximum atomic E-state index is 13.0. The average molecular weight is 457 g/mol. The van der Waals surface area contributed by atoms with Crippen LogP contribution < -0.4 is 19.7 Å². The first-order valence-electron chi connectivity index (χ1n) is 10.8. The van der Waals surface area contributed by atoms with E-state index in [1.54, 1.807) is 30.0 Å². The summed E-state index contributed by atoms with van der Waals surface area (Å²) < 4.78 is 16.4. The molecule has 1 saturated heterocycles. The van der Waals surface area contributed by atoms with Gasteiger partial charge < -0.3 is 24.4 Å². The van der Waals surface area contributed by atoms with E-state index in [4.69, 9.17) is 14.2 Å². The van der Waals surface area contributed by atoms with Gasteiger partial charge in [-0.3, -0.25) is 9.59 Å². The van der Waals surface area contributed by atoms with Crippen LogP contribution in [0.1, 0.15) is 48.0 Å². The van der Waals surface area contributed by atoms with Crippen molar-refractivity contribution < 1.29 is 28.6 Å². The molecule has 2 amide bonds. The van der Waals surface area contributed by atoms with E-state index in [1.165, 1.54) is 11.3 Å². The van der Waals surface area contributed by atoms with Gasteiger partial charge in [-0.25, -0.2) is 4.79 Å². The van der Waals surface area contributed by atoms with Crippen LogP contribution in [0.3, 0.4) is 0 Å². The molecule has 0 bridgehead atoms. The summed E-state index contributed by atoms with van der Waals surface area (Å²) in [6.07, 6.45) is 2.19. The lowest BCUT2D eigenvalue weighted by atomic mass is 10.1. The van der Waals surface area contributed by atoms with Crippen LogP contribution in [0.2, 0.25) is 0 Å². The third kappa shape index (κ3) is 3.92. The zero-order valence-electron chi connectivity index (χ0n) is 17.7. The lowest BCUT2D eigenvalue weighted by Crippen LogP contribution is -2.28. The minimum Gasteiger partial charge on any atom is -0.486 e. The highest BCUT2D eigenvalue weighted by Gasteiger charge is 2.37. The highest BCUT2D eigenvalue weighted by molar-refractivity contribution is 7.15. The minimum absolute atomic E-state index is 0.107. The van der Waals surface area contributed by atoms with Crippen LogP contribution in [0.4, 0.5) is 10.7 Å². The number of nitrogens with zero attached hydrogens (tertiary/aromatic N) is 1. The molecule has 2 aromatic rings. The van der Waals surface area contributed by atoms with E-state index in [9.17, 15) is 14.4 Å². The summed E-state index contributed by atoms with van der Waals surface area (Å²) in [6.45, 7) is 3.25. The van der Waals surface area contributed by atoms with E-state index in [-0.39, 0.29) is 31.4 Å². The van der Waals surface area contributed by atoms with Gasteiger partial charge in [0.2, 0.25) is 11.8 Å². The van der Waals surface area contributed by atoms with Gasteiger partial charge in [-0.05, 0) is 48.8 Å². The molecule has 5 rings (SSSR count). The number of esters is 1. The number of hydrogen-bond donors (Lipinski definition) is 1. The SMILES string of the molecule is CCOC(=O)c1c(C2CC2)csc1NC(=O)C1CC(=O)N(c2ccc3c(c2)OCCO3)C1. The number of anilines is 2. The summed E-state index contributed by atoms with van der Waals surface area (Å²) >= 11 is 1.34. The third-order valence-corrected chi connectivity index (χ3v) is 6.80. The molecule has 1 N–H and O–H groups in total. The number of carbonyl (C=O) groups is 3. The second kappa shape index (κ2) is 8.46. The van der Waals surface area contributed by atoms with Crippen molar-refractivity contribution in [3.63, 3.8) is 0 Å². The molecule has 2 aliphatic heterocycles. The number of ether oxygens (including phenoxy) is 3. The predicted molar refractivity (Wildman–Crippen MR) is 119 cm³/mol. The summed E-state index contributed by atoms with van der Waals surface area (Å²) in [4.78, 5) is 39.8. The fourth-order valence-electron chi connectivity index (χ4n) is 4.12. The molecule has 1 atom stereocenters. The second-order valence-corrected chi connectivity index (χ2v) is 8.99. The normalized spacial score (nSPS) is 19.7. The topological polar surface area (TPSA) is 94.2 Å². The van der Waals surface area contributed by atoms with Gasteiger partial charge >= 0.3 is 5.97 Å². The molecule has 2 fully saturated rings. The fourth-order valence-corrected chi connectivity index (χ4v) is 5.15. The van der Waals surface area contributed by atoms with Gasteiger partial charge in [0, 0.05) is 24.7 Å². The minimum atomic E-state index is -0.516. The van der Waals surface area contributed by atoms with Gasteiger partial charge in [0.15, 0.2) is 11.5 Å². The van der Waals surface area contributed by atoms with E-state index < -0.39 is 11.9 Å². The summed E-state index contributed by atoms with van der Waals surface area (Å²) in [6, 6.07) is 5.35. The first kappa shape index (κ1) is 20.8. The van der Waals surface area contributed by atoms with Gasteiger partial charge in [0.25, 0.3) is 0 Å². The Morgan fingerprint density at radius 3 is 2.75 bits per heavy atom. The van der Waals surface area contributed by atoms with Crippen LogP contribution in [0.15, 0.2) is 23.6 Å². The molecule has 1 saturated carbocycles. The van der Waals surface area contributed by atoms with Crippen molar-refractivity contribution >= 4 is 39.8 Å². The van der Waals surface area contributed by atoms with Crippen molar-refractivity contribution in [2.24, 2.45) is 5.92 Å². The molecule has 1 unspecified atom stereocenters. The predicted octanol–water partition coefficient (Wildman–Crippen LogP) is 3.57. The summed E-state index contributed by atoms with van der Waals surface area (Å²) in [5.74, 6) is 0.278. The number of thiophene rings is 1. The fraction of sp³-hybridized carbons (Fsp3) is 0.435. The quantitative estimate of drug-likeness (QED) is 0.668. The second-order valence-electron chi connectivity index (χ2n) is 8.11. The van der Waals surface area contributed by atoms with Crippen molar-refractivity contribution in [3.8, 4) is 11.5 Å². The van der Waals surface area contributed by atoms with E-state index in [0.717, 1.165) is 18.4 Å². The summed E-state index contributed by atoms with van der Waals surface area (Å²) in [7, 11) is 0. The number of carbonyl (C=O) groups excluding carboxylic acids is 3. The van der Waals surface area contributed by atoms with Gasteiger partial charge in [-0.2, -0.15) is 0 Å². The highest BCUT2D eigenvalue weighted by Crippen LogP contribution is 2.46. The number of benzene rings is 1. The Hall–Kier alpha value is -3.07. The first-order valence-corrected chi connectivity index (χ1v) is 11.7. The van der Waals surface area contributed by atoms with Crippen molar-refractivity contribution in [2.45, 2.75) is 32.1 Å². The average Bonchev–Trinajstić information content (AvgIpc) is 3.44. The summed E-state index contributed by atoms with van der Waals surface area (Å²) in [5, 5.41) is 5.32. The zero-order chi connectivity index (χ0) is 22.2. The molecule has 3 aliphatic rings. The Bertz CT molecular complexity index is 1080. The van der Waals surface area contributed by atoms with E-state index >= 15 is 0 Å². The standard InChI is InChI=1S/C23H24N2O6S/c1-2-29-23(28)20-16(13-3-4-13)12-32-22(20)24-21(27)14-9-19(26)25(11-14)15-5-6-17-18(10-15)31-8-7-30-17/h5-6,10,12-14H,2-4,7-9,11H2,1H3,(H,24,27). The van der Waals surface area contributed by atoms with Crippen LogP contribution in [0.25, 0.3) is 0 Å². The first-order chi connectivity index (χ1) is 15.5. The molecule has 32 heavy (non-hydrogen) atoms. The summed E-state index contributed by atoms with van der Waals surface area (Å²) in [5.41, 5.74) is 2.08. The molecular weight excluding hydrogens is 432 g/mol. The largest absolute Gasteiger partial charge is 0.486 e. The molecule has 1 aromatic carbocycles. The lowest BCUT2D eigenvalue weighted by Gasteiger charge is -2.22. The maximum absolute atomic E-state index is 13.0. The number of rotatable bonds is 6. The molecule has 3 heterocycles. The maximum Gasteiger partial charge on any atom is 0.341 e. The van der Waals surface area contributed by atoms with Gasteiger partial charge in [0.05, 0.1) is 18.1 Å². The molecule has 168 valence electrons. The number of hydrogen-bond acceptors (Lipinski definition) is 7. The van der Waals surface area contributed by atoms with Crippen molar-refractivity contribution in [3.05, 3.63) is 34.7 Å². The number of fused-ring (bicyclic) bond motifs is 1. The molecular formula is C23H24N2O6S. The Labute approximate surface area is 189 Å². The zero-order valence-corrected chi connectivity index (χ0v) is 18.5. The Morgan fingerprint density at radius 2 is 2.00 bits per heavy atom. The Morgan fingerprint density at radius 1 is 1.22 bits per heavy atom. The molecule has 9 heteroatoms. The molecule has 8 nitrogen and oxygen atoms in total.